The van der Waals surface area contributed by atoms with Crippen LogP contribution in [0.3, 0.4) is 0 Å². The number of methoxy groups -OCH3 is 1. The molecule has 3 aromatic rings. The molecule has 0 fully saturated rings. The molecule has 0 saturated heterocycles. The van der Waals surface area contributed by atoms with Gasteiger partial charge >= 0.3 is 5.97 Å². The van der Waals surface area contributed by atoms with Crippen LogP contribution in [0, 0.1) is 6.92 Å². The van der Waals surface area contributed by atoms with Crippen LogP contribution >= 0.6 is 0 Å². The van der Waals surface area contributed by atoms with E-state index in [2.05, 4.69) is 15.3 Å². The summed E-state index contributed by atoms with van der Waals surface area (Å²) in [5, 5.41) is 2.74. The van der Waals surface area contributed by atoms with Gasteiger partial charge < -0.3 is 15.0 Å². The van der Waals surface area contributed by atoms with Crippen molar-refractivity contribution >= 4 is 23.4 Å². The lowest BCUT2D eigenvalue weighted by Crippen LogP contribution is -2.21. The Labute approximate surface area is 169 Å². The molecular formula is C22H22N4O3. The molecule has 148 valence electrons. The zero-order valence-corrected chi connectivity index (χ0v) is 16.5. The van der Waals surface area contributed by atoms with Crippen LogP contribution in [0.25, 0.3) is 0 Å². The van der Waals surface area contributed by atoms with Crippen molar-refractivity contribution in [3.63, 3.8) is 0 Å². The highest BCUT2D eigenvalue weighted by atomic mass is 16.5. The molecular weight excluding hydrogens is 368 g/mol. The van der Waals surface area contributed by atoms with Crippen LogP contribution in [-0.2, 0) is 11.3 Å². The molecule has 29 heavy (non-hydrogen) atoms. The average Bonchev–Trinajstić information content (AvgIpc) is 2.73. The van der Waals surface area contributed by atoms with Crippen LogP contribution in [-0.4, -0.2) is 36.0 Å². The lowest BCUT2D eigenvalue weighted by Gasteiger charge is -2.19. The number of aryl methyl sites for hydroxylation is 1. The van der Waals surface area contributed by atoms with E-state index in [0.29, 0.717) is 23.9 Å². The normalized spacial score (nSPS) is 10.3. The maximum atomic E-state index is 12.8. The van der Waals surface area contributed by atoms with Gasteiger partial charge in [-0.1, -0.05) is 42.5 Å². The minimum absolute atomic E-state index is 0.215. The third-order valence-corrected chi connectivity index (χ3v) is 4.29. The van der Waals surface area contributed by atoms with Crippen molar-refractivity contribution in [1.82, 2.24) is 9.97 Å². The largest absolute Gasteiger partial charge is 0.465 e. The molecule has 7 nitrogen and oxygen atoms in total. The second kappa shape index (κ2) is 8.97. The highest BCUT2D eigenvalue weighted by Gasteiger charge is 2.17. The second-order valence-corrected chi connectivity index (χ2v) is 6.49. The molecule has 0 saturated carbocycles. The summed E-state index contributed by atoms with van der Waals surface area (Å²) in [7, 11) is 3.20. The van der Waals surface area contributed by atoms with Gasteiger partial charge in [0.15, 0.2) is 0 Å². The zero-order valence-electron chi connectivity index (χ0n) is 16.5. The Hall–Kier alpha value is -3.74. The van der Waals surface area contributed by atoms with E-state index < -0.39 is 11.9 Å². The third-order valence-electron chi connectivity index (χ3n) is 4.29. The number of hydrogen-bond acceptors (Lipinski definition) is 6. The number of aromatic nitrogens is 2. The summed E-state index contributed by atoms with van der Waals surface area (Å²) in [4.78, 5) is 35.3. The summed E-state index contributed by atoms with van der Waals surface area (Å²) in [6.07, 6.45) is 0. The van der Waals surface area contributed by atoms with Crippen molar-refractivity contribution in [3.8, 4) is 0 Å². The van der Waals surface area contributed by atoms with E-state index in [9.17, 15) is 9.59 Å². The molecule has 1 heterocycles. The van der Waals surface area contributed by atoms with Gasteiger partial charge in [-0.2, -0.15) is 0 Å². The first kappa shape index (κ1) is 20.0. The fourth-order valence-electron chi connectivity index (χ4n) is 2.87. The number of ether oxygens (including phenoxy) is 1. The molecule has 0 unspecified atom stereocenters. The van der Waals surface area contributed by atoms with Gasteiger partial charge in [-0.05, 0) is 24.6 Å². The van der Waals surface area contributed by atoms with Crippen LogP contribution in [0.15, 0.2) is 60.7 Å². The van der Waals surface area contributed by atoms with E-state index in [-0.39, 0.29) is 11.3 Å². The molecule has 0 aliphatic heterocycles. The number of nitrogens with zero attached hydrogens (tertiary/aromatic N) is 3. The van der Waals surface area contributed by atoms with Crippen molar-refractivity contribution in [1.29, 1.82) is 0 Å². The number of carbonyl (C=O) groups is 2. The molecule has 0 aliphatic rings. The van der Waals surface area contributed by atoms with Crippen molar-refractivity contribution in [3.05, 3.63) is 83.3 Å². The summed E-state index contributed by atoms with van der Waals surface area (Å²) in [5.41, 5.74) is 1.98. The topological polar surface area (TPSA) is 84.4 Å². The van der Waals surface area contributed by atoms with E-state index in [1.165, 1.54) is 7.11 Å². The van der Waals surface area contributed by atoms with Gasteiger partial charge in [-0.25, -0.2) is 14.8 Å². The van der Waals surface area contributed by atoms with Gasteiger partial charge in [-0.15, -0.1) is 0 Å². The highest BCUT2D eigenvalue weighted by molar-refractivity contribution is 6.07. The molecule has 0 bridgehead atoms. The monoisotopic (exact) mass is 390 g/mol. The van der Waals surface area contributed by atoms with E-state index >= 15 is 0 Å². The van der Waals surface area contributed by atoms with Gasteiger partial charge in [0.25, 0.3) is 5.91 Å². The molecule has 3 rings (SSSR count). The lowest BCUT2D eigenvalue weighted by atomic mass is 10.1. The van der Waals surface area contributed by atoms with E-state index in [1.807, 2.05) is 42.3 Å². The number of esters is 1. The molecule has 0 atom stereocenters. The fraction of sp³-hybridized carbons (Fsp3) is 0.182. The van der Waals surface area contributed by atoms with E-state index in [1.54, 1.807) is 37.3 Å². The first-order valence-electron chi connectivity index (χ1n) is 9.07. The Morgan fingerprint density at radius 1 is 1.03 bits per heavy atom. The number of anilines is 2. The maximum absolute atomic E-state index is 12.8. The second-order valence-electron chi connectivity index (χ2n) is 6.49. The number of para-hydroxylation sites is 1. The van der Waals surface area contributed by atoms with Crippen LogP contribution < -0.4 is 10.2 Å². The minimum atomic E-state index is -0.525. The third kappa shape index (κ3) is 4.95. The predicted molar refractivity (Wildman–Crippen MR) is 111 cm³/mol. The summed E-state index contributed by atoms with van der Waals surface area (Å²) in [6.45, 7) is 2.38. The molecule has 0 spiro atoms. The van der Waals surface area contributed by atoms with Gasteiger partial charge in [0.2, 0.25) is 0 Å². The molecule has 1 amide bonds. The Balaban J connectivity index is 1.83. The number of amides is 1. The zero-order chi connectivity index (χ0) is 20.8. The summed E-state index contributed by atoms with van der Waals surface area (Å²) < 4.78 is 4.77. The number of nitrogens with one attached hydrogen (secondary N) is 1. The lowest BCUT2D eigenvalue weighted by molar-refractivity contribution is 0.0602. The molecule has 1 N–H and O–H groups in total. The van der Waals surface area contributed by atoms with Gasteiger partial charge in [0, 0.05) is 19.7 Å². The first-order chi connectivity index (χ1) is 14.0. The Kier molecular flexibility index (Phi) is 6.19. The van der Waals surface area contributed by atoms with E-state index in [0.717, 1.165) is 5.56 Å². The quantitative estimate of drug-likeness (QED) is 0.649. The number of hydrogen-bond donors (Lipinski definition) is 1. The number of carbonyl (C=O) groups excluding carboxylic acids is 2. The standard InChI is InChI=1S/C22H22N4O3/c1-15-23-19(13-20(24-15)26(2)14-16-9-5-4-6-10-16)21(27)25-18-12-8-7-11-17(18)22(28)29-3/h4-13H,14H2,1-3H3,(H,25,27). The van der Waals surface area contributed by atoms with Crippen molar-refractivity contribution in [2.75, 3.05) is 24.4 Å². The fourth-order valence-corrected chi connectivity index (χ4v) is 2.87. The molecule has 0 radical (unpaired) electrons. The van der Waals surface area contributed by atoms with Crippen molar-refractivity contribution in [2.45, 2.75) is 13.5 Å². The Bertz CT molecular complexity index is 1020. The summed E-state index contributed by atoms with van der Waals surface area (Å²) in [6, 6.07) is 18.3. The number of rotatable bonds is 6. The Morgan fingerprint density at radius 2 is 1.72 bits per heavy atom. The maximum Gasteiger partial charge on any atom is 0.339 e. The van der Waals surface area contributed by atoms with Crippen LogP contribution in [0.2, 0.25) is 0 Å². The van der Waals surface area contributed by atoms with Crippen LogP contribution in [0.4, 0.5) is 11.5 Å². The van der Waals surface area contributed by atoms with Gasteiger partial charge in [-0.3, -0.25) is 4.79 Å². The molecule has 1 aromatic heterocycles. The van der Waals surface area contributed by atoms with Gasteiger partial charge in [0.1, 0.15) is 17.3 Å². The van der Waals surface area contributed by atoms with Gasteiger partial charge in [0.05, 0.1) is 18.4 Å². The van der Waals surface area contributed by atoms with Crippen molar-refractivity contribution in [2.24, 2.45) is 0 Å². The summed E-state index contributed by atoms with van der Waals surface area (Å²) >= 11 is 0. The minimum Gasteiger partial charge on any atom is -0.465 e. The molecule has 7 heteroatoms. The average molecular weight is 390 g/mol. The van der Waals surface area contributed by atoms with Crippen LogP contribution in [0.1, 0.15) is 32.2 Å². The molecule has 0 aliphatic carbocycles. The highest BCUT2D eigenvalue weighted by Crippen LogP contribution is 2.19. The predicted octanol–water partition coefficient (Wildman–Crippen LogP) is 3.46. The Morgan fingerprint density at radius 3 is 2.45 bits per heavy atom. The first-order valence-corrected chi connectivity index (χ1v) is 9.07. The SMILES string of the molecule is COC(=O)c1ccccc1NC(=O)c1cc(N(C)Cc2ccccc2)nc(C)n1. The smallest absolute Gasteiger partial charge is 0.339 e. The summed E-state index contributed by atoms with van der Waals surface area (Å²) in [5.74, 6) is 0.158. The van der Waals surface area contributed by atoms with E-state index in [4.69, 9.17) is 4.74 Å². The van der Waals surface area contributed by atoms with Crippen LogP contribution in [0.5, 0.6) is 0 Å². The number of benzene rings is 2. The van der Waals surface area contributed by atoms with Crippen molar-refractivity contribution < 1.29 is 14.3 Å². The molecule has 2 aromatic carbocycles.